The summed E-state index contributed by atoms with van der Waals surface area (Å²) in [4.78, 5) is 16.3. The van der Waals surface area contributed by atoms with Crippen LogP contribution in [0.1, 0.15) is 21.1 Å². The number of anilines is 2. The van der Waals surface area contributed by atoms with Gasteiger partial charge < -0.3 is 5.32 Å². The second kappa shape index (κ2) is 6.63. The van der Waals surface area contributed by atoms with Gasteiger partial charge in [0.15, 0.2) is 5.13 Å². The van der Waals surface area contributed by atoms with E-state index in [9.17, 15) is 4.79 Å². The van der Waals surface area contributed by atoms with E-state index in [1.807, 2.05) is 37.3 Å². The van der Waals surface area contributed by atoms with Crippen LogP contribution < -0.4 is 10.6 Å². The Morgan fingerprint density at radius 3 is 2.73 bits per heavy atom. The molecule has 0 bridgehead atoms. The summed E-state index contributed by atoms with van der Waals surface area (Å²) in [6.45, 7) is 2.51. The van der Waals surface area contributed by atoms with Crippen molar-refractivity contribution in [3.63, 3.8) is 0 Å². The van der Waals surface area contributed by atoms with Gasteiger partial charge in [0.2, 0.25) is 5.13 Å². The van der Waals surface area contributed by atoms with Crippen LogP contribution in [-0.2, 0) is 6.54 Å². The molecule has 3 aromatic rings. The average Bonchev–Trinajstić information content (AvgIpc) is 3.15. The van der Waals surface area contributed by atoms with Crippen LogP contribution >= 0.6 is 22.7 Å². The van der Waals surface area contributed by atoms with E-state index in [0.29, 0.717) is 22.5 Å². The normalized spacial score (nSPS) is 10.4. The zero-order valence-corrected chi connectivity index (χ0v) is 13.4. The summed E-state index contributed by atoms with van der Waals surface area (Å²) in [6, 6.07) is 10.0. The van der Waals surface area contributed by atoms with Crippen LogP contribution in [0.15, 0.2) is 35.7 Å². The van der Waals surface area contributed by atoms with Crippen LogP contribution in [0.4, 0.5) is 10.3 Å². The maximum Gasteiger partial charge on any atom is 0.277 e. The molecule has 112 valence electrons. The third kappa shape index (κ3) is 3.66. The first-order valence-corrected chi connectivity index (χ1v) is 8.25. The molecule has 0 aliphatic rings. The van der Waals surface area contributed by atoms with E-state index in [1.165, 1.54) is 22.7 Å². The predicted molar refractivity (Wildman–Crippen MR) is 88.5 cm³/mol. The molecule has 3 rings (SSSR count). The molecule has 0 saturated heterocycles. The van der Waals surface area contributed by atoms with Gasteiger partial charge in [-0.2, -0.15) is 0 Å². The molecule has 6 nitrogen and oxygen atoms in total. The molecule has 0 radical (unpaired) electrons. The van der Waals surface area contributed by atoms with Gasteiger partial charge in [-0.3, -0.25) is 10.1 Å². The predicted octanol–water partition coefficient (Wildman–Crippen LogP) is 3.17. The van der Waals surface area contributed by atoms with Crippen molar-refractivity contribution >= 4 is 38.8 Å². The number of nitrogens with one attached hydrogen (secondary N) is 2. The summed E-state index contributed by atoms with van der Waals surface area (Å²) in [5.41, 5.74) is 1.53. The Morgan fingerprint density at radius 2 is 2.00 bits per heavy atom. The van der Waals surface area contributed by atoms with Crippen molar-refractivity contribution in [1.82, 2.24) is 15.2 Å². The Bertz CT molecular complexity index is 768. The first-order valence-electron chi connectivity index (χ1n) is 6.55. The van der Waals surface area contributed by atoms with Gasteiger partial charge in [-0.05, 0) is 12.5 Å². The highest BCUT2D eigenvalue weighted by Gasteiger charge is 2.13. The van der Waals surface area contributed by atoms with E-state index in [0.717, 1.165) is 10.6 Å². The van der Waals surface area contributed by atoms with Crippen molar-refractivity contribution < 1.29 is 4.79 Å². The fourth-order valence-corrected chi connectivity index (χ4v) is 3.02. The van der Waals surface area contributed by atoms with E-state index in [-0.39, 0.29) is 5.91 Å². The first kappa shape index (κ1) is 14.6. The summed E-state index contributed by atoms with van der Waals surface area (Å²) in [5.74, 6) is -0.278. The smallest absolute Gasteiger partial charge is 0.277 e. The maximum absolute atomic E-state index is 12.1. The maximum atomic E-state index is 12.1. The quantitative estimate of drug-likeness (QED) is 0.750. The second-order valence-electron chi connectivity index (χ2n) is 4.46. The molecule has 0 aliphatic heterocycles. The largest absolute Gasteiger partial charge is 0.357 e. The highest BCUT2D eigenvalue weighted by Crippen LogP contribution is 2.19. The zero-order chi connectivity index (χ0) is 15.4. The van der Waals surface area contributed by atoms with Crippen molar-refractivity contribution in [2.24, 2.45) is 0 Å². The molecule has 8 heteroatoms. The van der Waals surface area contributed by atoms with Crippen molar-refractivity contribution in [1.29, 1.82) is 0 Å². The Morgan fingerprint density at radius 1 is 1.18 bits per heavy atom. The third-order valence-corrected chi connectivity index (χ3v) is 4.32. The van der Waals surface area contributed by atoms with Crippen LogP contribution in [0, 0.1) is 6.92 Å². The molecule has 1 amide bonds. The molecular formula is C14H13N5OS2. The highest BCUT2D eigenvalue weighted by molar-refractivity contribution is 7.15. The fraction of sp³-hybridized carbons (Fsp3) is 0.143. The Balaban J connectivity index is 1.59. The van der Waals surface area contributed by atoms with E-state index < -0.39 is 0 Å². The molecule has 1 aromatic carbocycles. The molecule has 0 aliphatic carbocycles. The number of carbonyl (C=O) groups is 1. The molecular weight excluding hydrogens is 318 g/mol. The molecule has 0 atom stereocenters. The molecule has 2 aromatic heterocycles. The number of aromatic nitrogens is 3. The van der Waals surface area contributed by atoms with Crippen molar-refractivity contribution in [3.05, 3.63) is 52.0 Å². The van der Waals surface area contributed by atoms with E-state index in [4.69, 9.17) is 0 Å². The van der Waals surface area contributed by atoms with Gasteiger partial charge in [0.05, 0.1) is 0 Å². The van der Waals surface area contributed by atoms with Crippen LogP contribution in [-0.4, -0.2) is 21.1 Å². The zero-order valence-electron chi connectivity index (χ0n) is 11.7. The number of nitrogens with zero attached hydrogens (tertiary/aromatic N) is 3. The van der Waals surface area contributed by atoms with Gasteiger partial charge in [-0.15, -0.1) is 21.5 Å². The standard InChI is InChI=1S/C14H13N5OS2/c1-9-18-19-14(22-9)17-12(20)11-8-21-13(16-11)15-7-10-5-3-2-4-6-10/h2-6,8H,7H2,1H3,(H,15,16)(H,17,19,20). The minimum absolute atomic E-state index is 0.278. The van der Waals surface area contributed by atoms with E-state index in [1.54, 1.807) is 5.38 Å². The van der Waals surface area contributed by atoms with Gasteiger partial charge in [0.25, 0.3) is 5.91 Å². The molecule has 0 spiro atoms. The number of hydrogen-bond donors (Lipinski definition) is 2. The second-order valence-corrected chi connectivity index (χ2v) is 6.50. The van der Waals surface area contributed by atoms with Gasteiger partial charge in [0, 0.05) is 11.9 Å². The monoisotopic (exact) mass is 331 g/mol. The fourth-order valence-electron chi connectivity index (χ4n) is 1.74. The third-order valence-electron chi connectivity index (χ3n) is 2.77. The van der Waals surface area contributed by atoms with Gasteiger partial charge in [-0.1, -0.05) is 41.7 Å². The lowest BCUT2D eigenvalue weighted by molar-refractivity contribution is 0.102. The summed E-state index contributed by atoms with van der Waals surface area (Å²) < 4.78 is 0. The Labute approximate surface area is 135 Å². The van der Waals surface area contributed by atoms with Crippen molar-refractivity contribution in [2.75, 3.05) is 10.6 Å². The lowest BCUT2D eigenvalue weighted by Crippen LogP contribution is -2.12. The Kier molecular flexibility index (Phi) is 4.40. The molecule has 0 saturated carbocycles. The van der Waals surface area contributed by atoms with E-state index in [2.05, 4.69) is 25.8 Å². The average molecular weight is 331 g/mol. The van der Waals surface area contributed by atoms with Crippen molar-refractivity contribution in [3.8, 4) is 0 Å². The molecule has 0 unspecified atom stereocenters. The number of hydrogen-bond acceptors (Lipinski definition) is 7. The number of rotatable bonds is 5. The van der Waals surface area contributed by atoms with Crippen molar-refractivity contribution in [2.45, 2.75) is 13.5 Å². The summed E-state index contributed by atoms with van der Waals surface area (Å²) >= 11 is 2.73. The Hall–Kier alpha value is -2.32. The number of amides is 1. The van der Waals surface area contributed by atoms with Crippen LogP contribution in [0.25, 0.3) is 0 Å². The number of carbonyl (C=O) groups excluding carboxylic acids is 1. The SMILES string of the molecule is Cc1nnc(NC(=O)c2csc(NCc3ccccc3)n2)s1. The molecule has 0 fully saturated rings. The van der Waals surface area contributed by atoms with E-state index >= 15 is 0 Å². The highest BCUT2D eigenvalue weighted by atomic mass is 32.1. The minimum Gasteiger partial charge on any atom is -0.357 e. The molecule has 2 N–H and O–H groups in total. The summed E-state index contributed by atoms with van der Waals surface area (Å²) in [6.07, 6.45) is 0. The summed E-state index contributed by atoms with van der Waals surface area (Å²) in [5, 5.41) is 17.3. The van der Waals surface area contributed by atoms with Crippen LogP contribution in [0.3, 0.4) is 0 Å². The molecule has 2 heterocycles. The number of aryl methyl sites for hydroxylation is 1. The van der Waals surface area contributed by atoms with Gasteiger partial charge in [0.1, 0.15) is 10.7 Å². The lowest BCUT2D eigenvalue weighted by Gasteiger charge is -2.02. The number of thiazole rings is 1. The first-order chi connectivity index (χ1) is 10.7. The van der Waals surface area contributed by atoms with Crippen LogP contribution in [0.5, 0.6) is 0 Å². The topological polar surface area (TPSA) is 79.8 Å². The van der Waals surface area contributed by atoms with Gasteiger partial charge >= 0.3 is 0 Å². The number of benzene rings is 1. The van der Waals surface area contributed by atoms with Gasteiger partial charge in [-0.25, -0.2) is 4.98 Å². The molecule has 22 heavy (non-hydrogen) atoms. The lowest BCUT2D eigenvalue weighted by atomic mass is 10.2. The minimum atomic E-state index is -0.278. The van der Waals surface area contributed by atoms with Crippen LogP contribution in [0.2, 0.25) is 0 Å². The summed E-state index contributed by atoms with van der Waals surface area (Å²) in [7, 11) is 0.